The van der Waals surface area contributed by atoms with Crippen LogP contribution in [-0.2, 0) is 7.05 Å². The maximum absolute atomic E-state index is 4.12. The Morgan fingerprint density at radius 1 is 1.08 bits per heavy atom. The van der Waals surface area contributed by atoms with Gasteiger partial charge in [0.15, 0.2) is 0 Å². The predicted molar refractivity (Wildman–Crippen MR) is 49.0 cm³/mol. The molecule has 0 fully saturated rings. The van der Waals surface area contributed by atoms with Crippen LogP contribution in [0.25, 0.3) is 11.1 Å². The summed E-state index contributed by atoms with van der Waals surface area (Å²) in [6, 6.07) is 0. The van der Waals surface area contributed by atoms with Crippen LogP contribution in [-0.4, -0.2) is 19.7 Å². The maximum Gasteiger partial charge on any atom is 0.125 e. The second kappa shape index (κ2) is 2.97. The van der Waals surface area contributed by atoms with Gasteiger partial charge in [-0.2, -0.15) is 5.10 Å². The number of hydrogen-bond acceptors (Lipinski definition) is 3. The van der Waals surface area contributed by atoms with Crippen LogP contribution in [0.1, 0.15) is 5.82 Å². The summed E-state index contributed by atoms with van der Waals surface area (Å²) in [7, 11) is 1.89. The molecular weight excluding hydrogens is 164 g/mol. The van der Waals surface area contributed by atoms with Gasteiger partial charge in [-0.25, -0.2) is 9.97 Å². The normalized spacial score (nSPS) is 10.3. The average Bonchev–Trinajstić information content (AvgIpc) is 2.53. The molecule has 0 N–H and O–H groups in total. The fourth-order valence-corrected chi connectivity index (χ4v) is 1.11. The van der Waals surface area contributed by atoms with Crippen molar-refractivity contribution in [3.63, 3.8) is 0 Å². The summed E-state index contributed by atoms with van der Waals surface area (Å²) in [6.07, 6.45) is 7.35. The van der Waals surface area contributed by atoms with Gasteiger partial charge in [-0.1, -0.05) is 0 Å². The lowest BCUT2D eigenvalue weighted by atomic mass is 10.2. The molecule has 0 aliphatic rings. The molecule has 0 saturated heterocycles. The largest absolute Gasteiger partial charge is 0.275 e. The Bertz CT molecular complexity index is 402. The van der Waals surface area contributed by atoms with Crippen LogP contribution in [0, 0.1) is 6.92 Å². The van der Waals surface area contributed by atoms with Crippen molar-refractivity contribution in [3.05, 3.63) is 30.6 Å². The summed E-state index contributed by atoms with van der Waals surface area (Å²) >= 11 is 0. The van der Waals surface area contributed by atoms with Crippen molar-refractivity contribution in [3.8, 4) is 11.1 Å². The standard InChI is InChI=1S/C9H10N4/c1-7-10-3-8(4-11-7)9-5-12-13(2)6-9/h3-6H,1-2H3. The first-order valence-electron chi connectivity index (χ1n) is 4.03. The van der Waals surface area contributed by atoms with Gasteiger partial charge in [0.1, 0.15) is 5.82 Å². The Kier molecular flexibility index (Phi) is 1.81. The molecule has 13 heavy (non-hydrogen) atoms. The van der Waals surface area contributed by atoms with Crippen molar-refractivity contribution >= 4 is 0 Å². The summed E-state index contributed by atoms with van der Waals surface area (Å²) in [6.45, 7) is 1.87. The van der Waals surface area contributed by atoms with Gasteiger partial charge in [-0.3, -0.25) is 4.68 Å². The Morgan fingerprint density at radius 2 is 1.77 bits per heavy atom. The number of aromatic nitrogens is 4. The van der Waals surface area contributed by atoms with Gasteiger partial charge >= 0.3 is 0 Å². The van der Waals surface area contributed by atoms with Crippen LogP contribution in [0.5, 0.6) is 0 Å². The zero-order chi connectivity index (χ0) is 9.26. The highest BCUT2D eigenvalue weighted by molar-refractivity contribution is 5.59. The zero-order valence-electron chi connectivity index (χ0n) is 7.60. The smallest absolute Gasteiger partial charge is 0.125 e. The van der Waals surface area contributed by atoms with Crippen LogP contribution >= 0.6 is 0 Å². The minimum Gasteiger partial charge on any atom is -0.275 e. The molecule has 2 heterocycles. The second-order valence-corrected chi connectivity index (χ2v) is 2.92. The molecule has 0 bridgehead atoms. The van der Waals surface area contributed by atoms with E-state index in [0.717, 1.165) is 17.0 Å². The van der Waals surface area contributed by atoms with Crippen molar-refractivity contribution in [1.82, 2.24) is 19.7 Å². The number of aryl methyl sites for hydroxylation is 2. The van der Waals surface area contributed by atoms with Gasteiger partial charge in [0.05, 0.1) is 6.20 Å². The highest BCUT2D eigenvalue weighted by Crippen LogP contribution is 2.15. The monoisotopic (exact) mass is 174 g/mol. The summed E-state index contributed by atoms with van der Waals surface area (Å²) in [5.74, 6) is 0.785. The van der Waals surface area contributed by atoms with Crippen molar-refractivity contribution in [2.45, 2.75) is 6.92 Å². The molecule has 0 spiro atoms. The molecule has 4 heteroatoms. The molecule has 2 aromatic rings. The van der Waals surface area contributed by atoms with E-state index in [1.54, 1.807) is 23.3 Å². The van der Waals surface area contributed by atoms with Gasteiger partial charge in [-0.15, -0.1) is 0 Å². The van der Waals surface area contributed by atoms with Gasteiger partial charge in [0, 0.05) is 36.8 Å². The molecule has 0 aliphatic heterocycles. The first kappa shape index (κ1) is 7.91. The first-order chi connectivity index (χ1) is 6.25. The van der Waals surface area contributed by atoms with Gasteiger partial charge < -0.3 is 0 Å². The van der Waals surface area contributed by atoms with Crippen molar-refractivity contribution in [2.24, 2.45) is 7.05 Å². The molecule has 0 aliphatic carbocycles. The molecule has 2 rings (SSSR count). The Balaban J connectivity index is 2.41. The lowest BCUT2D eigenvalue weighted by Gasteiger charge is -1.95. The number of nitrogens with zero attached hydrogens (tertiary/aromatic N) is 4. The molecule has 0 amide bonds. The molecule has 4 nitrogen and oxygen atoms in total. The van der Waals surface area contributed by atoms with E-state index in [0.29, 0.717) is 0 Å². The molecule has 0 radical (unpaired) electrons. The van der Waals surface area contributed by atoms with E-state index in [1.807, 2.05) is 20.2 Å². The summed E-state index contributed by atoms with van der Waals surface area (Å²) in [4.78, 5) is 8.23. The van der Waals surface area contributed by atoms with Gasteiger partial charge in [0.2, 0.25) is 0 Å². The van der Waals surface area contributed by atoms with Crippen LogP contribution in [0.15, 0.2) is 24.8 Å². The highest BCUT2D eigenvalue weighted by Gasteiger charge is 1.99. The molecule has 0 saturated carbocycles. The molecule has 2 aromatic heterocycles. The van der Waals surface area contributed by atoms with E-state index in [1.165, 1.54) is 0 Å². The Labute approximate surface area is 76.3 Å². The minimum atomic E-state index is 0.785. The quantitative estimate of drug-likeness (QED) is 0.652. The maximum atomic E-state index is 4.12. The van der Waals surface area contributed by atoms with E-state index in [4.69, 9.17) is 0 Å². The minimum absolute atomic E-state index is 0.785. The molecular formula is C9H10N4. The van der Waals surface area contributed by atoms with Crippen molar-refractivity contribution in [2.75, 3.05) is 0 Å². The van der Waals surface area contributed by atoms with Gasteiger partial charge in [0.25, 0.3) is 0 Å². The summed E-state index contributed by atoms with van der Waals surface area (Å²) < 4.78 is 1.76. The third-order valence-corrected chi connectivity index (χ3v) is 1.82. The first-order valence-corrected chi connectivity index (χ1v) is 4.03. The lowest BCUT2D eigenvalue weighted by molar-refractivity contribution is 0.768. The molecule has 66 valence electrons. The third-order valence-electron chi connectivity index (χ3n) is 1.82. The summed E-state index contributed by atoms with van der Waals surface area (Å²) in [5, 5.41) is 4.08. The van der Waals surface area contributed by atoms with Crippen molar-refractivity contribution in [1.29, 1.82) is 0 Å². The van der Waals surface area contributed by atoms with Crippen LogP contribution in [0.2, 0.25) is 0 Å². The zero-order valence-corrected chi connectivity index (χ0v) is 7.60. The van der Waals surface area contributed by atoms with E-state index >= 15 is 0 Å². The highest BCUT2D eigenvalue weighted by atomic mass is 15.2. The molecule has 0 atom stereocenters. The average molecular weight is 174 g/mol. The number of rotatable bonds is 1. The molecule has 0 aromatic carbocycles. The van der Waals surface area contributed by atoms with Gasteiger partial charge in [-0.05, 0) is 6.92 Å². The van der Waals surface area contributed by atoms with Crippen molar-refractivity contribution < 1.29 is 0 Å². The second-order valence-electron chi connectivity index (χ2n) is 2.92. The van der Waals surface area contributed by atoms with Crippen LogP contribution in [0.3, 0.4) is 0 Å². The van der Waals surface area contributed by atoms with E-state index in [2.05, 4.69) is 15.1 Å². The Hall–Kier alpha value is -1.71. The van der Waals surface area contributed by atoms with E-state index in [-0.39, 0.29) is 0 Å². The lowest BCUT2D eigenvalue weighted by Crippen LogP contribution is -1.87. The fourth-order valence-electron chi connectivity index (χ4n) is 1.11. The predicted octanol–water partition coefficient (Wildman–Crippen LogP) is 1.19. The van der Waals surface area contributed by atoms with Crippen LogP contribution in [0.4, 0.5) is 0 Å². The fraction of sp³-hybridized carbons (Fsp3) is 0.222. The SMILES string of the molecule is Cc1ncc(-c2cnn(C)c2)cn1. The van der Waals surface area contributed by atoms with Crippen LogP contribution < -0.4 is 0 Å². The molecule has 0 unspecified atom stereocenters. The van der Waals surface area contributed by atoms with E-state index in [9.17, 15) is 0 Å². The Morgan fingerprint density at radius 3 is 2.31 bits per heavy atom. The number of hydrogen-bond donors (Lipinski definition) is 0. The topological polar surface area (TPSA) is 43.6 Å². The van der Waals surface area contributed by atoms with E-state index < -0.39 is 0 Å². The summed E-state index contributed by atoms with van der Waals surface area (Å²) in [5.41, 5.74) is 2.04. The third kappa shape index (κ3) is 1.56.